The van der Waals surface area contributed by atoms with E-state index in [1.54, 1.807) is 18.4 Å². The van der Waals surface area contributed by atoms with Gasteiger partial charge in [-0.3, -0.25) is 4.99 Å². The number of aliphatic hydroxyl groups excluding tert-OH is 1. The number of rotatable bonds is 7. The smallest absolute Gasteiger partial charge is 0.191 e. The van der Waals surface area contributed by atoms with E-state index in [2.05, 4.69) is 15.6 Å². The van der Waals surface area contributed by atoms with Crippen molar-refractivity contribution in [2.45, 2.75) is 19.4 Å². The molecule has 0 saturated heterocycles. The van der Waals surface area contributed by atoms with Crippen LogP contribution in [0.4, 0.5) is 0 Å². The molecule has 0 fully saturated rings. The second-order valence-corrected chi connectivity index (χ2v) is 4.51. The fraction of sp³-hybridized carbons (Fsp3) is 0.400. The topological polar surface area (TPSA) is 82.9 Å². The van der Waals surface area contributed by atoms with Crippen LogP contribution in [0.5, 0.6) is 0 Å². The summed E-state index contributed by atoms with van der Waals surface area (Å²) in [5.41, 5.74) is 0. The number of hydrogen-bond donors (Lipinski definition) is 3. The highest BCUT2D eigenvalue weighted by Gasteiger charge is 2.09. The quantitative estimate of drug-likeness (QED) is 0.534. The van der Waals surface area contributed by atoms with Gasteiger partial charge in [-0.1, -0.05) is 0 Å². The van der Waals surface area contributed by atoms with Gasteiger partial charge in [0, 0.05) is 19.5 Å². The van der Waals surface area contributed by atoms with Crippen molar-refractivity contribution in [3.8, 4) is 0 Å². The lowest BCUT2D eigenvalue weighted by molar-refractivity contribution is 0.158. The standard InChI is InChI=1S/C15H21N3O3/c1-2-16-15(17-8-7-12-5-3-9-20-12)18-11-13(19)14-6-4-10-21-14/h3-6,9-10,13,19H,2,7-8,11H2,1H3,(H2,16,17,18). The van der Waals surface area contributed by atoms with Crippen LogP contribution in [0.15, 0.2) is 50.6 Å². The van der Waals surface area contributed by atoms with Crippen LogP contribution in [0.3, 0.4) is 0 Å². The summed E-state index contributed by atoms with van der Waals surface area (Å²) < 4.78 is 10.4. The molecule has 3 N–H and O–H groups in total. The molecule has 2 aromatic heterocycles. The van der Waals surface area contributed by atoms with Gasteiger partial charge in [0.2, 0.25) is 0 Å². The Labute approximate surface area is 123 Å². The number of aliphatic hydroxyl groups is 1. The van der Waals surface area contributed by atoms with Crippen LogP contribution in [0.25, 0.3) is 0 Å². The van der Waals surface area contributed by atoms with Crippen LogP contribution >= 0.6 is 0 Å². The predicted octanol–water partition coefficient (Wildman–Crippen LogP) is 1.70. The number of nitrogens with one attached hydrogen (secondary N) is 2. The number of nitrogens with zero attached hydrogens (tertiary/aromatic N) is 1. The zero-order valence-corrected chi connectivity index (χ0v) is 12.1. The first-order chi connectivity index (χ1) is 10.3. The van der Waals surface area contributed by atoms with Crippen molar-refractivity contribution in [3.63, 3.8) is 0 Å². The highest BCUT2D eigenvalue weighted by Crippen LogP contribution is 2.12. The largest absolute Gasteiger partial charge is 0.469 e. The maximum atomic E-state index is 9.93. The Kier molecular flexibility index (Phi) is 5.90. The van der Waals surface area contributed by atoms with Gasteiger partial charge in [0.1, 0.15) is 17.6 Å². The van der Waals surface area contributed by atoms with Gasteiger partial charge in [0.05, 0.1) is 19.1 Å². The van der Waals surface area contributed by atoms with Gasteiger partial charge in [0.25, 0.3) is 0 Å². The molecule has 1 unspecified atom stereocenters. The second-order valence-electron chi connectivity index (χ2n) is 4.51. The Morgan fingerprint density at radius 1 is 1.24 bits per heavy atom. The molecule has 114 valence electrons. The molecule has 0 aliphatic heterocycles. The normalized spacial score (nSPS) is 13.1. The van der Waals surface area contributed by atoms with Crippen molar-refractivity contribution in [1.29, 1.82) is 0 Å². The Morgan fingerprint density at radius 3 is 2.71 bits per heavy atom. The Bertz CT molecular complexity index is 520. The molecule has 0 aliphatic carbocycles. The number of guanidine groups is 1. The summed E-state index contributed by atoms with van der Waals surface area (Å²) in [7, 11) is 0. The van der Waals surface area contributed by atoms with Crippen molar-refractivity contribution < 1.29 is 13.9 Å². The monoisotopic (exact) mass is 291 g/mol. The first kappa shape index (κ1) is 15.2. The van der Waals surface area contributed by atoms with E-state index in [9.17, 15) is 5.11 Å². The van der Waals surface area contributed by atoms with Gasteiger partial charge >= 0.3 is 0 Å². The summed E-state index contributed by atoms with van der Waals surface area (Å²) in [4.78, 5) is 4.34. The molecule has 0 radical (unpaired) electrons. The molecule has 6 heteroatoms. The van der Waals surface area contributed by atoms with Crippen molar-refractivity contribution in [3.05, 3.63) is 48.3 Å². The first-order valence-electron chi connectivity index (χ1n) is 7.05. The molecule has 1 atom stereocenters. The molecular formula is C15H21N3O3. The molecular weight excluding hydrogens is 270 g/mol. The Balaban J connectivity index is 1.81. The molecule has 0 saturated carbocycles. The van der Waals surface area contributed by atoms with Gasteiger partial charge < -0.3 is 24.6 Å². The maximum Gasteiger partial charge on any atom is 0.191 e. The van der Waals surface area contributed by atoms with Crippen LogP contribution in [-0.2, 0) is 6.42 Å². The lowest BCUT2D eigenvalue weighted by atomic mass is 10.3. The van der Waals surface area contributed by atoms with E-state index in [-0.39, 0.29) is 6.54 Å². The third kappa shape index (κ3) is 5.00. The summed E-state index contributed by atoms with van der Waals surface area (Å²) in [6.45, 7) is 3.69. The minimum Gasteiger partial charge on any atom is -0.469 e. The van der Waals surface area contributed by atoms with E-state index in [0.29, 0.717) is 18.3 Å². The summed E-state index contributed by atoms with van der Waals surface area (Å²) in [5, 5.41) is 16.3. The molecule has 0 aliphatic rings. The molecule has 0 aromatic carbocycles. The molecule has 0 spiro atoms. The molecule has 2 rings (SSSR count). The number of aliphatic imine (C=N–C) groups is 1. The lowest BCUT2D eigenvalue weighted by Crippen LogP contribution is -2.38. The molecule has 2 aromatic rings. The third-order valence-corrected chi connectivity index (χ3v) is 2.88. The van der Waals surface area contributed by atoms with E-state index in [0.717, 1.165) is 18.7 Å². The second kappa shape index (κ2) is 8.16. The number of hydrogen-bond acceptors (Lipinski definition) is 4. The predicted molar refractivity (Wildman–Crippen MR) is 80.1 cm³/mol. The van der Waals surface area contributed by atoms with Crippen molar-refractivity contribution in [2.24, 2.45) is 4.99 Å². The highest BCUT2D eigenvalue weighted by molar-refractivity contribution is 5.79. The third-order valence-electron chi connectivity index (χ3n) is 2.88. The van der Waals surface area contributed by atoms with Crippen LogP contribution in [-0.4, -0.2) is 30.7 Å². The van der Waals surface area contributed by atoms with Gasteiger partial charge in [-0.2, -0.15) is 0 Å². The van der Waals surface area contributed by atoms with E-state index < -0.39 is 6.10 Å². The average molecular weight is 291 g/mol. The van der Waals surface area contributed by atoms with Gasteiger partial charge in [-0.05, 0) is 31.2 Å². The van der Waals surface area contributed by atoms with Crippen LogP contribution in [0.1, 0.15) is 24.5 Å². The highest BCUT2D eigenvalue weighted by atomic mass is 16.4. The fourth-order valence-corrected chi connectivity index (χ4v) is 1.85. The summed E-state index contributed by atoms with van der Waals surface area (Å²) >= 11 is 0. The maximum absolute atomic E-state index is 9.93. The van der Waals surface area contributed by atoms with Crippen LogP contribution in [0.2, 0.25) is 0 Å². The molecule has 21 heavy (non-hydrogen) atoms. The van der Waals surface area contributed by atoms with E-state index in [4.69, 9.17) is 8.83 Å². The molecule has 6 nitrogen and oxygen atoms in total. The summed E-state index contributed by atoms with van der Waals surface area (Å²) in [6.07, 6.45) is 3.24. The molecule has 2 heterocycles. The van der Waals surface area contributed by atoms with E-state index >= 15 is 0 Å². The van der Waals surface area contributed by atoms with Crippen LogP contribution in [0, 0.1) is 0 Å². The molecule has 0 bridgehead atoms. The SMILES string of the molecule is CCNC(=NCC(O)c1ccco1)NCCc1ccco1. The zero-order chi connectivity index (χ0) is 14.9. The Hall–Kier alpha value is -2.21. The van der Waals surface area contributed by atoms with Gasteiger partial charge in [-0.25, -0.2) is 0 Å². The van der Waals surface area contributed by atoms with E-state index in [1.165, 1.54) is 6.26 Å². The minimum atomic E-state index is -0.736. The number of furan rings is 2. The summed E-state index contributed by atoms with van der Waals surface area (Å²) in [6, 6.07) is 7.28. The first-order valence-corrected chi connectivity index (χ1v) is 7.05. The lowest BCUT2D eigenvalue weighted by Gasteiger charge is -2.11. The van der Waals surface area contributed by atoms with Crippen molar-refractivity contribution in [1.82, 2.24) is 10.6 Å². The van der Waals surface area contributed by atoms with Crippen molar-refractivity contribution in [2.75, 3.05) is 19.6 Å². The molecule has 0 amide bonds. The van der Waals surface area contributed by atoms with Crippen molar-refractivity contribution >= 4 is 5.96 Å². The van der Waals surface area contributed by atoms with Gasteiger partial charge in [0.15, 0.2) is 5.96 Å². The average Bonchev–Trinajstić information content (AvgIpc) is 3.17. The van der Waals surface area contributed by atoms with Gasteiger partial charge in [-0.15, -0.1) is 0 Å². The summed E-state index contributed by atoms with van der Waals surface area (Å²) in [5.74, 6) is 2.11. The van der Waals surface area contributed by atoms with Crippen LogP contribution < -0.4 is 10.6 Å². The fourth-order valence-electron chi connectivity index (χ4n) is 1.85. The minimum absolute atomic E-state index is 0.240. The van der Waals surface area contributed by atoms with E-state index in [1.807, 2.05) is 19.1 Å². The zero-order valence-electron chi connectivity index (χ0n) is 12.1. The Morgan fingerprint density at radius 2 is 2.05 bits per heavy atom.